The van der Waals surface area contributed by atoms with Crippen LogP contribution in [0.4, 0.5) is 0 Å². The maximum Gasteiger partial charge on any atom is 0.197 e. The number of nitrogens with zero attached hydrogens (tertiary/aromatic N) is 2. The standard InChI is InChI=1S/C22H27N3O4S/c1-14-6-5-7-17-20(14)25-21(24-17)30(26)13-18-15(2)19(8-9-23-18)27-10-16-11-28-22(3,4)29-12-16/h5-9,16H,10-13H2,1-4H3,(H,24,25). The Hall–Kier alpha value is -2.29. The van der Waals surface area contributed by atoms with Gasteiger partial charge >= 0.3 is 0 Å². The molecule has 8 heteroatoms. The lowest BCUT2D eigenvalue weighted by molar-refractivity contribution is -0.264. The van der Waals surface area contributed by atoms with Gasteiger partial charge in [0.25, 0.3) is 0 Å². The van der Waals surface area contributed by atoms with Gasteiger partial charge in [-0.1, -0.05) is 12.1 Å². The van der Waals surface area contributed by atoms with Crippen molar-refractivity contribution in [3.8, 4) is 5.75 Å². The Balaban J connectivity index is 1.43. The Morgan fingerprint density at radius 3 is 2.73 bits per heavy atom. The molecule has 0 saturated carbocycles. The van der Waals surface area contributed by atoms with Gasteiger partial charge < -0.3 is 19.2 Å². The fourth-order valence-corrected chi connectivity index (χ4v) is 4.44. The predicted molar refractivity (Wildman–Crippen MR) is 115 cm³/mol. The second-order valence-electron chi connectivity index (χ2n) is 8.08. The number of aryl methyl sites for hydroxylation is 1. The fourth-order valence-electron chi connectivity index (χ4n) is 3.34. The molecule has 1 fully saturated rings. The third kappa shape index (κ3) is 4.55. The number of aromatic nitrogens is 3. The molecule has 1 N–H and O–H groups in total. The highest BCUT2D eigenvalue weighted by molar-refractivity contribution is 7.84. The summed E-state index contributed by atoms with van der Waals surface area (Å²) in [6.45, 7) is 9.44. The molecule has 3 aromatic rings. The number of benzene rings is 1. The lowest BCUT2D eigenvalue weighted by atomic mass is 10.1. The fraction of sp³-hybridized carbons (Fsp3) is 0.455. The summed E-state index contributed by atoms with van der Waals surface area (Å²) in [6.07, 6.45) is 1.69. The lowest BCUT2D eigenvalue weighted by Crippen LogP contribution is -2.41. The van der Waals surface area contributed by atoms with Crippen LogP contribution in [0.1, 0.15) is 30.7 Å². The molecule has 4 rings (SSSR count). The van der Waals surface area contributed by atoms with Crippen molar-refractivity contribution in [2.24, 2.45) is 5.92 Å². The zero-order chi connectivity index (χ0) is 21.3. The Morgan fingerprint density at radius 2 is 2.00 bits per heavy atom. The van der Waals surface area contributed by atoms with Crippen molar-refractivity contribution in [2.45, 2.75) is 44.4 Å². The maximum atomic E-state index is 12.9. The zero-order valence-corrected chi connectivity index (χ0v) is 18.5. The number of imidazole rings is 1. The number of fused-ring (bicyclic) bond motifs is 1. The largest absolute Gasteiger partial charge is 0.493 e. The number of hydrogen-bond acceptors (Lipinski definition) is 6. The second-order valence-corrected chi connectivity index (χ2v) is 9.45. The van der Waals surface area contributed by atoms with Crippen LogP contribution in [0, 0.1) is 19.8 Å². The number of ether oxygens (including phenoxy) is 3. The van der Waals surface area contributed by atoms with Gasteiger partial charge in [-0.25, -0.2) is 4.98 Å². The molecule has 1 saturated heterocycles. The number of para-hydroxylation sites is 1. The van der Waals surface area contributed by atoms with E-state index >= 15 is 0 Å². The molecule has 2 aromatic heterocycles. The van der Waals surface area contributed by atoms with E-state index in [1.807, 2.05) is 52.0 Å². The van der Waals surface area contributed by atoms with Crippen LogP contribution in [0.25, 0.3) is 11.0 Å². The predicted octanol–water partition coefficient (Wildman–Crippen LogP) is 3.66. The summed E-state index contributed by atoms with van der Waals surface area (Å²) < 4.78 is 30.3. The third-order valence-corrected chi connectivity index (χ3v) is 6.40. The van der Waals surface area contributed by atoms with E-state index in [2.05, 4.69) is 15.0 Å². The minimum Gasteiger partial charge on any atom is -0.493 e. The van der Waals surface area contributed by atoms with E-state index < -0.39 is 16.6 Å². The van der Waals surface area contributed by atoms with Gasteiger partial charge in [0.2, 0.25) is 0 Å². The number of rotatable bonds is 6. The van der Waals surface area contributed by atoms with Crippen LogP contribution in [-0.2, 0) is 26.0 Å². The van der Waals surface area contributed by atoms with Crippen molar-refractivity contribution < 1.29 is 18.4 Å². The average molecular weight is 430 g/mol. The van der Waals surface area contributed by atoms with Crippen molar-refractivity contribution in [2.75, 3.05) is 19.8 Å². The first kappa shape index (κ1) is 21.0. The zero-order valence-electron chi connectivity index (χ0n) is 17.7. The highest BCUT2D eigenvalue weighted by Gasteiger charge is 2.28. The molecule has 0 radical (unpaired) electrons. The van der Waals surface area contributed by atoms with Crippen LogP contribution in [0.2, 0.25) is 0 Å². The van der Waals surface area contributed by atoms with Crippen LogP contribution in [0.3, 0.4) is 0 Å². The van der Waals surface area contributed by atoms with Crippen LogP contribution in [0.15, 0.2) is 35.6 Å². The Morgan fingerprint density at radius 1 is 1.23 bits per heavy atom. The Labute approximate surface area is 178 Å². The first-order valence-corrected chi connectivity index (χ1v) is 11.3. The summed E-state index contributed by atoms with van der Waals surface area (Å²) in [6, 6.07) is 7.72. The molecule has 1 atom stereocenters. The van der Waals surface area contributed by atoms with E-state index in [4.69, 9.17) is 14.2 Å². The molecule has 0 aliphatic carbocycles. The van der Waals surface area contributed by atoms with Crippen molar-refractivity contribution in [1.29, 1.82) is 0 Å². The van der Waals surface area contributed by atoms with E-state index in [1.165, 1.54) is 0 Å². The summed E-state index contributed by atoms with van der Waals surface area (Å²) in [7, 11) is -1.34. The normalized spacial score (nSPS) is 17.9. The molecular formula is C22H27N3O4S. The van der Waals surface area contributed by atoms with Crippen LogP contribution in [-0.4, -0.2) is 44.8 Å². The molecule has 3 heterocycles. The van der Waals surface area contributed by atoms with E-state index in [0.717, 1.165) is 33.6 Å². The summed E-state index contributed by atoms with van der Waals surface area (Å²) in [5.41, 5.74) is 4.41. The molecule has 7 nitrogen and oxygen atoms in total. The summed E-state index contributed by atoms with van der Waals surface area (Å²) in [5.74, 6) is 0.644. The highest BCUT2D eigenvalue weighted by Crippen LogP contribution is 2.25. The monoisotopic (exact) mass is 429 g/mol. The molecular weight excluding hydrogens is 402 g/mol. The Bertz CT molecular complexity index is 1070. The molecule has 30 heavy (non-hydrogen) atoms. The van der Waals surface area contributed by atoms with Gasteiger partial charge in [0.1, 0.15) is 5.75 Å². The number of nitrogens with one attached hydrogen (secondary N) is 1. The van der Waals surface area contributed by atoms with Crippen molar-refractivity contribution >= 4 is 21.8 Å². The minimum absolute atomic E-state index is 0.168. The molecule has 160 valence electrons. The van der Waals surface area contributed by atoms with E-state index in [-0.39, 0.29) is 11.7 Å². The third-order valence-electron chi connectivity index (χ3n) is 5.24. The lowest BCUT2D eigenvalue weighted by Gasteiger charge is -2.34. The van der Waals surface area contributed by atoms with Gasteiger partial charge in [-0.3, -0.25) is 9.19 Å². The first-order chi connectivity index (χ1) is 14.3. The number of hydrogen-bond donors (Lipinski definition) is 1. The van der Waals surface area contributed by atoms with Crippen LogP contribution in [0.5, 0.6) is 5.75 Å². The van der Waals surface area contributed by atoms with Gasteiger partial charge in [-0.05, 0) is 45.4 Å². The second kappa shape index (κ2) is 8.45. The van der Waals surface area contributed by atoms with E-state index in [9.17, 15) is 4.21 Å². The molecule has 0 bridgehead atoms. The molecule has 1 aromatic carbocycles. The van der Waals surface area contributed by atoms with E-state index in [0.29, 0.717) is 25.0 Å². The highest BCUT2D eigenvalue weighted by atomic mass is 32.2. The first-order valence-electron chi connectivity index (χ1n) is 10.0. The molecule has 1 aliphatic rings. The molecule has 0 spiro atoms. The van der Waals surface area contributed by atoms with Crippen LogP contribution >= 0.6 is 0 Å². The van der Waals surface area contributed by atoms with E-state index in [1.54, 1.807) is 6.20 Å². The molecule has 1 unspecified atom stereocenters. The van der Waals surface area contributed by atoms with Gasteiger partial charge in [-0.15, -0.1) is 0 Å². The quantitative estimate of drug-likeness (QED) is 0.644. The number of H-pyrrole nitrogens is 1. The summed E-state index contributed by atoms with van der Waals surface area (Å²) in [4.78, 5) is 12.1. The van der Waals surface area contributed by atoms with Crippen molar-refractivity contribution in [3.63, 3.8) is 0 Å². The number of pyridine rings is 1. The molecule has 1 aliphatic heterocycles. The van der Waals surface area contributed by atoms with Crippen molar-refractivity contribution in [1.82, 2.24) is 15.0 Å². The van der Waals surface area contributed by atoms with Gasteiger partial charge in [0, 0.05) is 17.7 Å². The molecule has 0 amide bonds. The summed E-state index contributed by atoms with van der Waals surface area (Å²) in [5, 5.41) is 0.464. The van der Waals surface area contributed by atoms with Gasteiger partial charge in [0.05, 0.1) is 53.1 Å². The Kier molecular flexibility index (Phi) is 5.90. The van der Waals surface area contributed by atoms with Gasteiger partial charge in [0.15, 0.2) is 10.9 Å². The summed E-state index contributed by atoms with van der Waals surface area (Å²) >= 11 is 0. The maximum absolute atomic E-state index is 12.9. The topological polar surface area (TPSA) is 86.3 Å². The van der Waals surface area contributed by atoms with Crippen LogP contribution < -0.4 is 4.74 Å². The smallest absolute Gasteiger partial charge is 0.197 e. The van der Waals surface area contributed by atoms with Gasteiger partial charge in [-0.2, -0.15) is 0 Å². The number of aromatic amines is 1. The minimum atomic E-state index is -1.34. The average Bonchev–Trinajstić information content (AvgIpc) is 3.15. The SMILES string of the molecule is Cc1c(OCC2COC(C)(C)OC2)ccnc1CS(=O)c1nc2c(C)cccc2[nH]1. The van der Waals surface area contributed by atoms with Crippen molar-refractivity contribution in [3.05, 3.63) is 47.3 Å².